The minimum Gasteiger partial charge on any atom is -0.339 e. The van der Waals surface area contributed by atoms with Gasteiger partial charge in [0.05, 0.1) is 12.0 Å². The molecule has 2 amide bonds. The average Bonchev–Trinajstić information content (AvgIpc) is 3.15. The standard InChI is InChI=1S/C22H22F2N2O2/c23-18-6-7-19(20(24)14-18)22(28)26-10-8-25(9-11-26)21(27)13-15-4-5-16-2-1-3-17(16)12-15/h4-7,12,14H,1-3,8-11,13H2. The van der Waals surface area contributed by atoms with Crippen LogP contribution in [0.3, 0.4) is 0 Å². The van der Waals surface area contributed by atoms with E-state index in [9.17, 15) is 18.4 Å². The Balaban J connectivity index is 1.34. The van der Waals surface area contributed by atoms with Crippen molar-refractivity contribution in [2.75, 3.05) is 26.2 Å². The van der Waals surface area contributed by atoms with E-state index in [1.54, 1.807) is 4.90 Å². The molecular weight excluding hydrogens is 362 g/mol. The van der Waals surface area contributed by atoms with Crippen LogP contribution in [-0.4, -0.2) is 47.8 Å². The largest absolute Gasteiger partial charge is 0.339 e. The molecule has 2 aliphatic rings. The number of halogens is 2. The molecule has 2 aromatic rings. The molecule has 0 unspecified atom stereocenters. The molecule has 4 rings (SSSR count). The fraction of sp³-hybridized carbons (Fsp3) is 0.364. The number of aryl methyl sites for hydroxylation is 2. The van der Waals surface area contributed by atoms with Crippen LogP contribution in [0.2, 0.25) is 0 Å². The number of piperazine rings is 1. The third-order valence-electron chi connectivity index (χ3n) is 5.60. The number of carbonyl (C=O) groups excluding carboxylic acids is 2. The predicted octanol–water partition coefficient (Wildman–Crippen LogP) is 2.98. The zero-order valence-corrected chi connectivity index (χ0v) is 15.6. The maximum Gasteiger partial charge on any atom is 0.256 e. The number of hydrogen-bond acceptors (Lipinski definition) is 2. The summed E-state index contributed by atoms with van der Waals surface area (Å²) in [6.07, 6.45) is 3.73. The highest BCUT2D eigenvalue weighted by molar-refractivity contribution is 5.94. The summed E-state index contributed by atoms with van der Waals surface area (Å²) in [6, 6.07) is 9.24. The lowest BCUT2D eigenvalue weighted by Crippen LogP contribution is -2.51. The van der Waals surface area contributed by atoms with Crippen molar-refractivity contribution < 1.29 is 18.4 Å². The van der Waals surface area contributed by atoms with Crippen molar-refractivity contribution in [2.24, 2.45) is 0 Å². The van der Waals surface area contributed by atoms with Gasteiger partial charge >= 0.3 is 0 Å². The van der Waals surface area contributed by atoms with E-state index in [0.29, 0.717) is 38.7 Å². The van der Waals surface area contributed by atoms with Crippen molar-refractivity contribution in [3.8, 4) is 0 Å². The molecule has 1 aliphatic carbocycles. The Kier molecular flexibility index (Phi) is 5.11. The number of fused-ring (bicyclic) bond motifs is 1. The second-order valence-electron chi connectivity index (χ2n) is 7.43. The number of hydrogen-bond donors (Lipinski definition) is 0. The van der Waals surface area contributed by atoms with E-state index in [4.69, 9.17) is 0 Å². The van der Waals surface area contributed by atoms with Crippen LogP contribution in [0.25, 0.3) is 0 Å². The Hall–Kier alpha value is -2.76. The Morgan fingerprint density at radius 2 is 1.57 bits per heavy atom. The summed E-state index contributed by atoms with van der Waals surface area (Å²) in [5.41, 5.74) is 3.62. The van der Waals surface area contributed by atoms with Gasteiger partial charge < -0.3 is 9.80 Å². The molecule has 0 aromatic heterocycles. The molecule has 146 valence electrons. The van der Waals surface area contributed by atoms with Gasteiger partial charge in [0.2, 0.25) is 5.91 Å². The van der Waals surface area contributed by atoms with Crippen LogP contribution in [0.5, 0.6) is 0 Å². The molecule has 2 aromatic carbocycles. The predicted molar refractivity (Wildman–Crippen MR) is 101 cm³/mol. The Bertz CT molecular complexity index is 921. The van der Waals surface area contributed by atoms with Gasteiger partial charge in [-0.3, -0.25) is 9.59 Å². The van der Waals surface area contributed by atoms with Crippen molar-refractivity contribution in [1.82, 2.24) is 9.80 Å². The van der Waals surface area contributed by atoms with Crippen molar-refractivity contribution in [3.63, 3.8) is 0 Å². The Labute approximate surface area is 162 Å². The van der Waals surface area contributed by atoms with Crippen molar-refractivity contribution >= 4 is 11.8 Å². The highest BCUT2D eigenvalue weighted by Crippen LogP contribution is 2.23. The minimum atomic E-state index is -0.861. The summed E-state index contributed by atoms with van der Waals surface area (Å²) in [7, 11) is 0. The van der Waals surface area contributed by atoms with Gasteiger partial charge in [-0.2, -0.15) is 0 Å². The summed E-state index contributed by atoms with van der Waals surface area (Å²) in [5.74, 6) is -2.00. The number of rotatable bonds is 3. The highest BCUT2D eigenvalue weighted by atomic mass is 19.1. The third-order valence-corrected chi connectivity index (χ3v) is 5.60. The molecule has 1 heterocycles. The monoisotopic (exact) mass is 384 g/mol. The molecule has 1 aliphatic heterocycles. The summed E-state index contributed by atoms with van der Waals surface area (Å²) >= 11 is 0. The van der Waals surface area contributed by atoms with E-state index in [2.05, 4.69) is 12.1 Å². The van der Waals surface area contributed by atoms with Gasteiger partial charge in [-0.15, -0.1) is 0 Å². The summed E-state index contributed by atoms with van der Waals surface area (Å²) in [6.45, 7) is 1.51. The lowest BCUT2D eigenvalue weighted by molar-refractivity contribution is -0.131. The second kappa shape index (κ2) is 7.70. The Morgan fingerprint density at radius 3 is 2.32 bits per heavy atom. The molecule has 0 spiro atoms. The van der Waals surface area contributed by atoms with Crippen molar-refractivity contribution in [1.29, 1.82) is 0 Å². The molecule has 6 heteroatoms. The van der Waals surface area contributed by atoms with E-state index in [1.807, 2.05) is 6.07 Å². The zero-order valence-electron chi connectivity index (χ0n) is 15.6. The highest BCUT2D eigenvalue weighted by Gasteiger charge is 2.26. The van der Waals surface area contributed by atoms with E-state index in [0.717, 1.165) is 24.5 Å². The van der Waals surface area contributed by atoms with Crippen LogP contribution < -0.4 is 0 Å². The first-order chi connectivity index (χ1) is 13.5. The summed E-state index contributed by atoms with van der Waals surface area (Å²) in [5, 5.41) is 0. The van der Waals surface area contributed by atoms with E-state index in [1.165, 1.54) is 28.5 Å². The maximum absolute atomic E-state index is 13.8. The quantitative estimate of drug-likeness (QED) is 0.816. The topological polar surface area (TPSA) is 40.6 Å². The lowest BCUT2D eigenvalue weighted by atomic mass is 10.0. The molecule has 4 nitrogen and oxygen atoms in total. The zero-order chi connectivity index (χ0) is 19.7. The van der Waals surface area contributed by atoms with E-state index in [-0.39, 0.29) is 11.5 Å². The molecule has 0 N–H and O–H groups in total. The van der Waals surface area contributed by atoms with Crippen LogP contribution in [0.15, 0.2) is 36.4 Å². The first-order valence-corrected chi connectivity index (χ1v) is 9.64. The number of nitrogens with zero attached hydrogens (tertiary/aromatic N) is 2. The van der Waals surface area contributed by atoms with Gasteiger partial charge in [-0.05, 0) is 48.1 Å². The van der Waals surface area contributed by atoms with Crippen LogP contribution in [-0.2, 0) is 24.1 Å². The van der Waals surface area contributed by atoms with E-state index < -0.39 is 17.5 Å². The first kappa shape index (κ1) is 18.6. The van der Waals surface area contributed by atoms with Gasteiger partial charge in [0.25, 0.3) is 5.91 Å². The van der Waals surface area contributed by atoms with Crippen LogP contribution in [0.1, 0.15) is 33.5 Å². The SMILES string of the molecule is O=C(Cc1ccc2c(c1)CCC2)N1CCN(C(=O)c2ccc(F)cc2F)CC1. The number of benzene rings is 2. The normalized spacial score (nSPS) is 16.2. The summed E-state index contributed by atoms with van der Waals surface area (Å²) < 4.78 is 26.9. The summed E-state index contributed by atoms with van der Waals surface area (Å²) in [4.78, 5) is 28.4. The number of amides is 2. The smallest absolute Gasteiger partial charge is 0.256 e. The maximum atomic E-state index is 13.8. The lowest BCUT2D eigenvalue weighted by Gasteiger charge is -2.35. The molecular formula is C22H22F2N2O2. The second-order valence-corrected chi connectivity index (χ2v) is 7.43. The third kappa shape index (κ3) is 3.77. The molecule has 0 bridgehead atoms. The first-order valence-electron chi connectivity index (χ1n) is 9.64. The minimum absolute atomic E-state index is 0.0398. The van der Waals surface area contributed by atoms with Crippen LogP contribution in [0, 0.1) is 11.6 Å². The van der Waals surface area contributed by atoms with Gasteiger partial charge in [-0.25, -0.2) is 8.78 Å². The van der Waals surface area contributed by atoms with Crippen LogP contribution in [0.4, 0.5) is 8.78 Å². The van der Waals surface area contributed by atoms with Gasteiger partial charge in [0.1, 0.15) is 11.6 Å². The fourth-order valence-corrected chi connectivity index (χ4v) is 4.01. The molecule has 28 heavy (non-hydrogen) atoms. The Morgan fingerprint density at radius 1 is 0.857 bits per heavy atom. The molecule has 1 saturated heterocycles. The van der Waals surface area contributed by atoms with E-state index >= 15 is 0 Å². The van der Waals surface area contributed by atoms with Gasteiger partial charge in [-0.1, -0.05) is 18.2 Å². The molecule has 0 radical (unpaired) electrons. The van der Waals surface area contributed by atoms with Crippen molar-refractivity contribution in [3.05, 3.63) is 70.3 Å². The van der Waals surface area contributed by atoms with Crippen LogP contribution >= 0.6 is 0 Å². The van der Waals surface area contributed by atoms with Gasteiger partial charge in [0, 0.05) is 32.2 Å². The van der Waals surface area contributed by atoms with Crippen molar-refractivity contribution in [2.45, 2.75) is 25.7 Å². The number of carbonyl (C=O) groups is 2. The molecule has 1 fully saturated rings. The fourth-order valence-electron chi connectivity index (χ4n) is 4.01. The molecule has 0 atom stereocenters. The molecule has 0 saturated carbocycles. The van der Waals surface area contributed by atoms with Gasteiger partial charge in [0.15, 0.2) is 0 Å². The average molecular weight is 384 g/mol.